The van der Waals surface area contributed by atoms with E-state index in [1.54, 1.807) is 48.8 Å². The van der Waals surface area contributed by atoms with Crippen LogP contribution >= 0.6 is 0 Å². The number of phenols is 2. The van der Waals surface area contributed by atoms with Crippen LogP contribution in [-0.2, 0) is 13.8 Å². The number of para-hydroxylation sites is 2. The number of aromatic hydroxyl groups is 2. The van der Waals surface area contributed by atoms with Crippen LogP contribution in [-0.4, -0.2) is 22.6 Å². The molecule has 0 atom stereocenters. The number of hydrogen-bond acceptors (Lipinski definition) is 4. The molecule has 0 unspecified atom stereocenters. The van der Waals surface area contributed by atoms with Gasteiger partial charge in [0.15, 0.2) is 0 Å². The van der Waals surface area contributed by atoms with Crippen LogP contribution < -0.4 is 0 Å². The third-order valence-electron chi connectivity index (χ3n) is 2.56. The zero-order valence-electron chi connectivity index (χ0n) is 11.3. The molecule has 2 aromatic rings. The average molecular weight is 327 g/mol. The molecule has 0 aliphatic heterocycles. The summed E-state index contributed by atoms with van der Waals surface area (Å²) in [5, 5.41) is 19.9. The summed E-state index contributed by atoms with van der Waals surface area (Å²) in [5.41, 5.74) is 1.29. The van der Waals surface area contributed by atoms with Gasteiger partial charge in [-0.25, -0.2) is 0 Å². The van der Waals surface area contributed by atoms with Gasteiger partial charge in [0.2, 0.25) is 0 Å². The van der Waals surface area contributed by atoms with Gasteiger partial charge in [0.05, 0.1) is 0 Å². The molecule has 0 fully saturated rings. The second-order valence-electron chi connectivity index (χ2n) is 3.96. The van der Waals surface area contributed by atoms with E-state index in [-0.39, 0.29) is 11.5 Å². The van der Waals surface area contributed by atoms with Crippen LogP contribution in [0.5, 0.6) is 11.5 Å². The maximum absolute atomic E-state index is 9.67. The number of hydrogen-bond donors (Lipinski definition) is 2. The van der Waals surface area contributed by atoms with Crippen LogP contribution in [0.4, 0.5) is 0 Å². The van der Waals surface area contributed by atoms with Crippen LogP contribution in [0.1, 0.15) is 11.1 Å². The molecule has 0 aromatic heterocycles. The van der Waals surface area contributed by atoms with Crippen molar-refractivity contribution in [2.24, 2.45) is 8.15 Å². The van der Waals surface area contributed by atoms with Gasteiger partial charge in [0.25, 0.3) is 0 Å². The first-order valence-corrected chi connectivity index (χ1v) is 7.78. The number of rotatable bonds is 5. The van der Waals surface area contributed by atoms with E-state index in [0.717, 1.165) is 0 Å². The monoisotopic (exact) mass is 326 g/mol. The van der Waals surface area contributed by atoms with Gasteiger partial charge in [-0.3, -0.25) is 0 Å². The van der Waals surface area contributed by atoms with E-state index in [2.05, 4.69) is 15.1 Å². The van der Waals surface area contributed by atoms with Crippen molar-refractivity contribution in [3.05, 3.63) is 66.6 Å². The maximum atomic E-state index is 9.67. The second-order valence-corrected chi connectivity index (χ2v) is 5.79. The number of phenolic OH excluding ortho intramolecular Hbond substituents is 2. The third-order valence-corrected chi connectivity index (χ3v) is 3.85. The normalized spacial score (nSPS) is 12.1. The van der Waals surface area contributed by atoms with E-state index < -0.39 is 13.8 Å². The van der Waals surface area contributed by atoms with E-state index in [0.29, 0.717) is 16.5 Å². The Morgan fingerprint density at radius 3 is 1.67 bits per heavy atom. The predicted molar refractivity (Wildman–Crippen MR) is 81.6 cm³/mol. The van der Waals surface area contributed by atoms with Gasteiger partial charge in [-0.05, 0) is 0 Å². The Bertz CT molecular complexity index is 601. The van der Waals surface area contributed by atoms with E-state index in [4.69, 9.17) is 0 Å². The Labute approximate surface area is 128 Å². The molecule has 0 spiro atoms. The standard InChI is InChI=1S/2C7H6NO.C2H4.Ni/c2*8-5-6-3-1-2-4-7(6)9;1-2;/h2*1-5,9H;1-2H2;/q2*-1;;+2. The SMILES string of the molecule is [CH2][CH2][Ni]([N]=Cc1ccccc1O)[N]=Cc1ccccc1O. The molecule has 1 radical (unpaired) electrons. The van der Waals surface area contributed by atoms with E-state index in [1.807, 2.05) is 12.1 Å². The summed E-state index contributed by atoms with van der Waals surface area (Å²) in [6.45, 7) is 3.82. The second kappa shape index (κ2) is 7.60. The van der Waals surface area contributed by atoms with E-state index >= 15 is 0 Å². The van der Waals surface area contributed by atoms with Crippen LogP contribution in [0.25, 0.3) is 0 Å². The van der Waals surface area contributed by atoms with Crippen molar-refractivity contribution in [2.45, 2.75) is 5.39 Å². The molecular formula is C16H16N2NiO2. The fourth-order valence-electron chi connectivity index (χ4n) is 1.48. The Kier molecular flexibility index (Phi) is 5.53. The van der Waals surface area contributed by atoms with Gasteiger partial charge in [-0.2, -0.15) is 0 Å². The Hall–Kier alpha value is -2.13. The molecule has 0 aliphatic carbocycles. The topological polar surface area (TPSA) is 65.2 Å². The fourth-order valence-corrected chi connectivity index (χ4v) is 2.37. The average Bonchev–Trinajstić information content (AvgIpc) is 2.50. The molecule has 112 valence electrons. The van der Waals surface area contributed by atoms with Crippen LogP contribution in [0.15, 0.2) is 56.7 Å². The summed E-state index contributed by atoms with van der Waals surface area (Å²) >= 11 is -0.787. The van der Waals surface area contributed by atoms with Gasteiger partial charge in [0.1, 0.15) is 0 Å². The fraction of sp³-hybridized carbons (Fsp3) is 0.0625. The molecular weight excluding hydrogens is 311 g/mol. The molecule has 0 amide bonds. The predicted octanol–water partition coefficient (Wildman–Crippen LogP) is 3.34. The van der Waals surface area contributed by atoms with Crippen molar-refractivity contribution in [3.8, 4) is 11.5 Å². The van der Waals surface area contributed by atoms with Gasteiger partial charge < -0.3 is 0 Å². The number of benzene rings is 2. The zero-order chi connectivity index (χ0) is 15.1. The molecule has 2 N–H and O–H groups in total. The molecule has 21 heavy (non-hydrogen) atoms. The van der Waals surface area contributed by atoms with Gasteiger partial charge in [-0.1, -0.05) is 0 Å². The van der Waals surface area contributed by atoms with Crippen molar-refractivity contribution in [2.75, 3.05) is 0 Å². The minimum atomic E-state index is -0.787. The molecule has 0 saturated heterocycles. The van der Waals surface area contributed by atoms with E-state index in [9.17, 15) is 10.2 Å². The van der Waals surface area contributed by atoms with Crippen molar-refractivity contribution >= 4 is 12.4 Å². The summed E-state index contributed by atoms with van der Waals surface area (Å²) in [6.07, 6.45) is 3.19. The van der Waals surface area contributed by atoms with Crippen molar-refractivity contribution in [1.29, 1.82) is 0 Å². The molecule has 4 nitrogen and oxygen atoms in total. The molecule has 0 heterocycles. The summed E-state index contributed by atoms with van der Waals surface area (Å²) in [6, 6.07) is 13.9. The molecule has 5 heteroatoms. The first-order chi connectivity index (χ1) is 10.2. The van der Waals surface area contributed by atoms with Gasteiger partial charge in [0, 0.05) is 0 Å². The van der Waals surface area contributed by atoms with Crippen molar-refractivity contribution < 1.29 is 24.1 Å². The van der Waals surface area contributed by atoms with Crippen LogP contribution in [0.2, 0.25) is 5.39 Å². The Morgan fingerprint density at radius 1 is 0.857 bits per heavy atom. The van der Waals surface area contributed by atoms with Crippen molar-refractivity contribution in [3.63, 3.8) is 0 Å². The van der Waals surface area contributed by atoms with E-state index in [1.165, 1.54) is 0 Å². The Morgan fingerprint density at radius 2 is 1.29 bits per heavy atom. The molecule has 2 rings (SSSR count). The third kappa shape index (κ3) is 4.43. The van der Waals surface area contributed by atoms with Crippen LogP contribution in [0, 0.1) is 6.92 Å². The summed E-state index contributed by atoms with van der Waals surface area (Å²) in [7, 11) is 0. The zero-order valence-corrected chi connectivity index (χ0v) is 12.3. The van der Waals surface area contributed by atoms with Gasteiger partial charge in [-0.15, -0.1) is 0 Å². The van der Waals surface area contributed by atoms with Gasteiger partial charge >= 0.3 is 128 Å². The first kappa shape index (κ1) is 15.3. The number of nitrogens with zero attached hydrogens (tertiary/aromatic N) is 2. The summed E-state index contributed by atoms with van der Waals surface area (Å²) in [5.74, 6) is 0.363. The first-order valence-electron chi connectivity index (χ1n) is 6.20. The Balaban J connectivity index is 2.11. The van der Waals surface area contributed by atoms with Crippen molar-refractivity contribution in [1.82, 2.24) is 0 Å². The summed E-state index contributed by atoms with van der Waals surface area (Å²) < 4.78 is 8.67. The summed E-state index contributed by atoms with van der Waals surface area (Å²) in [4.78, 5) is 0. The molecule has 0 bridgehead atoms. The quantitative estimate of drug-likeness (QED) is 0.653. The molecule has 0 saturated carbocycles. The minimum absolute atomic E-state index is 0.181. The molecule has 2 aromatic carbocycles. The van der Waals surface area contributed by atoms with Crippen LogP contribution in [0.3, 0.4) is 0 Å². The molecule has 0 aliphatic rings.